The van der Waals surface area contributed by atoms with Crippen LogP contribution in [0.3, 0.4) is 0 Å². The molecule has 0 radical (unpaired) electrons. The summed E-state index contributed by atoms with van der Waals surface area (Å²) in [6, 6.07) is 9.90. The summed E-state index contributed by atoms with van der Waals surface area (Å²) in [6.07, 6.45) is 4.13. The Balaban J connectivity index is 1.46. The molecule has 4 heterocycles. The van der Waals surface area contributed by atoms with Crippen molar-refractivity contribution in [2.45, 2.75) is 26.7 Å². The zero-order chi connectivity index (χ0) is 23.6. The van der Waals surface area contributed by atoms with Crippen LogP contribution in [0.15, 0.2) is 51.8 Å². The number of aromatic nitrogens is 4. The van der Waals surface area contributed by atoms with Crippen molar-refractivity contribution in [2.24, 2.45) is 5.41 Å². The number of hydrogen-bond donors (Lipinski definition) is 0. The molecule has 1 saturated heterocycles. The lowest BCUT2D eigenvalue weighted by Crippen LogP contribution is -2.49. The van der Waals surface area contributed by atoms with Crippen LogP contribution in [0.4, 0.5) is 10.2 Å². The van der Waals surface area contributed by atoms with Crippen molar-refractivity contribution in [3.63, 3.8) is 0 Å². The Labute approximate surface area is 199 Å². The first-order valence-electron chi connectivity index (χ1n) is 11.1. The summed E-state index contributed by atoms with van der Waals surface area (Å²) in [5.41, 5.74) is 2.68. The fourth-order valence-electron chi connectivity index (χ4n) is 4.51. The molecule has 6 rings (SSSR count). The predicted octanol–water partition coefficient (Wildman–Crippen LogP) is 4.96. The van der Waals surface area contributed by atoms with Crippen LogP contribution >= 0.6 is 11.6 Å². The molecule has 1 saturated carbocycles. The lowest BCUT2D eigenvalue weighted by molar-refractivity contribution is 0.384. The maximum atomic E-state index is 14.3. The molecular weight excluding hydrogens is 457 g/mol. The number of oxazole rings is 1. The summed E-state index contributed by atoms with van der Waals surface area (Å²) in [5, 5.41) is -0.00724. The Kier molecular flexibility index (Phi) is 4.64. The van der Waals surface area contributed by atoms with Gasteiger partial charge in [0.1, 0.15) is 17.3 Å². The zero-order valence-electron chi connectivity index (χ0n) is 18.7. The number of anilines is 1. The van der Waals surface area contributed by atoms with Gasteiger partial charge in [0.15, 0.2) is 11.6 Å². The van der Waals surface area contributed by atoms with Gasteiger partial charge in [-0.3, -0.25) is 0 Å². The minimum Gasteiger partial charge on any atom is -0.432 e. The first-order valence-corrected chi connectivity index (χ1v) is 11.5. The van der Waals surface area contributed by atoms with Gasteiger partial charge in [0, 0.05) is 36.0 Å². The van der Waals surface area contributed by atoms with Gasteiger partial charge in [-0.2, -0.15) is 9.97 Å². The molecule has 1 aliphatic carbocycles. The van der Waals surface area contributed by atoms with Crippen LogP contribution in [-0.4, -0.2) is 32.6 Å². The van der Waals surface area contributed by atoms with Crippen molar-refractivity contribution >= 4 is 17.4 Å². The minimum atomic E-state index is -0.597. The molecule has 0 amide bonds. The topological polar surface area (TPSA) is 77.1 Å². The highest BCUT2D eigenvalue weighted by molar-refractivity contribution is 6.30. The monoisotopic (exact) mass is 477 g/mol. The lowest BCUT2D eigenvalue weighted by atomic mass is 9.97. The number of nitrogens with zero attached hydrogens (tertiary/aromatic N) is 5. The Morgan fingerprint density at radius 3 is 2.53 bits per heavy atom. The molecule has 4 aromatic rings. The van der Waals surface area contributed by atoms with Crippen molar-refractivity contribution in [1.29, 1.82) is 0 Å². The largest absolute Gasteiger partial charge is 0.432 e. The Hall–Kier alpha value is -3.52. The van der Waals surface area contributed by atoms with E-state index < -0.39 is 11.5 Å². The van der Waals surface area contributed by atoms with Gasteiger partial charge in [-0.15, -0.1) is 0 Å². The highest BCUT2D eigenvalue weighted by Crippen LogP contribution is 2.53. The van der Waals surface area contributed by atoms with Crippen molar-refractivity contribution in [1.82, 2.24) is 19.5 Å². The van der Waals surface area contributed by atoms with Crippen LogP contribution in [0.1, 0.15) is 24.1 Å². The molecule has 7 nitrogen and oxygen atoms in total. The lowest BCUT2D eigenvalue weighted by Gasteiger charge is -2.40. The van der Waals surface area contributed by atoms with E-state index in [9.17, 15) is 9.18 Å². The van der Waals surface area contributed by atoms with E-state index in [4.69, 9.17) is 16.0 Å². The van der Waals surface area contributed by atoms with E-state index in [0.29, 0.717) is 22.5 Å². The third-order valence-electron chi connectivity index (χ3n) is 6.46. The molecule has 34 heavy (non-hydrogen) atoms. The van der Waals surface area contributed by atoms with E-state index >= 15 is 0 Å². The van der Waals surface area contributed by atoms with Crippen LogP contribution in [-0.2, 0) is 0 Å². The van der Waals surface area contributed by atoms with Gasteiger partial charge >= 0.3 is 5.69 Å². The van der Waals surface area contributed by atoms with Crippen molar-refractivity contribution in [3.05, 3.63) is 75.2 Å². The normalized spacial score (nSPS) is 16.1. The molecule has 1 spiro atoms. The third-order valence-corrected chi connectivity index (χ3v) is 6.77. The van der Waals surface area contributed by atoms with E-state index in [1.165, 1.54) is 29.5 Å². The first kappa shape index (κ1) is 21.0. The van der Waals surface area contributed by atoms with Crippen molar-refractivity contribution < 1.29 is 8.81 Å². The van der Waals surface area contributed by atoms with E-state index in [-0.39, 0.29) is 22.5 Å². The molecule has 172 valence electrons. The number of benzene rings is 1. The van der Waals surface area contributed by atoms with Crippen LogP contribution in [0.25, 0.3) is 28.7 Å². The van der Waals surface area contributed by atoms with Crippen LogP contribution in [0.5, 0.6) is 0 Å². The molecule has 1 aromatic carbocycles. The molecule has 0 atom stereocenters. The molecule has 0 bridgehead atoms. The van der Waals surface area contributed by atoms with Gasteiger partial charge in [0.25, 0.3) is 0 Å². The summed E-state index contributed by atoms with van der Waals surface area (Å²) < 4.78 is 21.7. The molecule has 2 fully saturated rings. The van der Waals surface area contributed by atoms with Crippen molar-refractivity contribution in [2.75, 3.05) is 18.0 Å². The second kappa shape index (κ2) is 7.50. The van der Waals surface area contributed by atoms with E-state index in [2.05, 4.69) is 19.9 Å². The van der Waals surface area contributed by atoms with Gasteiger partial charge in [-0.1, -0.05) is 11.6 Å². The highest BCUT2D eigenvalue weighted by atomic mass is 35.5. The number of rotatable bonds is 4. The van der Waals surface area contributed by atoms with E-state index in [1.807, 2.05) is 26.0 Å². The first-order chi connectivity index (χ1) is 16.3. The maximum Gasteiger partial charge on any atom is 0.355 e. The SMILES string of the molecule is Cc1cc(C)nc(-c2nc(-n3ccc(N4CC5(CC5)C4)nc3=O)c(-c3ccc(Cl)c(F)c3)o2)c1. The number of pyridine rings is 1. The molecule has 0 unspecified atom stereocenters. The van der Waals surface area contributed by atoms with Gasteiger partial charge < -0.3 is 9.32 Å². The van der Waals surface area contributed by atoms with Crippen molar-refractivity contribution in [3.8, 4) is 28.7 Å². The fourth-order valence-corrected chi connectivity index (χ4v) is 4.63. The molecule has 9 heteroatoms. The summed E-state index contributed by atoms with van der Waals surface area (Å²) in [7, 11) is 0. The third kappa shape index (κ3) is 3.58. The Morgan fingerprint density at radius 1 is 1.06 bits per heavy atom. The number of aryl methyl sites for hydroxylation is 2. The summed E-state index contributed by atoms with van der Waals surface area (Å²) >= 11 is 5.88. The molecule has 0 N–H and O–H groups in total. The zero-order valence-corrected chi connectivity index (χ0v) is 19.4. The van der Waals surface area contributed by atoms with Gasteiger partial charge in [0.2, 0.25) is 5.89 Å². The average Bonchev–Trinajstić information content (AvgIpc) is 3.46. The second-order valence-electron chi connectivity index (χ2n) is 9.27. The Morgan fingerprint density at radius 2 is 1.85 bits per heavy atom. The minimum absolute atomic E-state index is 0.00724. The number of halogens is 2. The van der Waals surface area contributed by atoms with Gasteiger partial charge in [-0.25, -0.2) is 18.7 Å². The molecular formula is C25H21ClFN5O2. The Bertz CT molecular complexity index is 1480. The van der Waals surface area contributed by atoms with Crippen LogP contribution in [0.2, 0.25) is 5.02 Å². The number of hydrogen-bond acceptors (Lipinski definition) is 6. The summed E-state index contributed by atoms with van der Waals surface area (Å²) in [4.78, 5) is 28.6. The van der Waals surface area contributed by atoms with Crippen LogP contribution in [0, 0.1) is 25.1 Å². The van der Waals surface area contributed by atoms with E-state index in [0.717, 1.165) is 24.3 Å². The second-order valence-corrected chi connectivity index (χ2v) is 9.67. The average molecular weight is 478 g/mol. The fraction of sp³-hybridized carbons (Fsp3) is 0.280. The molecule has 3 aromatic heterocycles. The quantitative estimate of drug-likeness (QED) is 0.413. The maximum absolute atomic E-state index is 14.3. The standard InChI is InChI=1S/C25H21ClFN5O2/c1-14-9-15(2)28-19(10-14)23-30-22(21(34-23)16-3-4-17(26)18(27)11-16)32-8-5-20(29-24(32)33)31-12-25(13-31)6-7-25/h3-5,8-11H,6-7,12-13H2,1-2H3. The predicted molar refractivity (Wildman–Crippen MR) is 127 cm³/mol. The summed E-state index contributed by atoms with van der Waals surface area (Å²) in [5.74, 6) is 0.715. The molecule has 1 aliphatic heterocycles. The van der Waals surface area contributed by atoms with Crippen LogP contribution < -0.4 is 10.6 Å². The summed E-state index contributed by atoms with van der Waals surface area (Å²) in [6.45, 7) is 5.70. The van der Waals surface area contributed by atoms with Gasteiger partial charge in [-0.05, 0) is 68.7 Å². The van der Waals surface area contributed by atoms with Gasteiger partial charge in [0.05, 0.1) is 5.02 Å². The van der Waals surface area contributed by atoms with E-state index in [1.54, 1.807) is 18.3 Å². The smallest absolute Gasteiger partial charge is 0.355 e. The highest BCUT2D eigenvalue weighted by Gasteiger charge is 2.52. The molecule has 2 aliphatic rings.